The first kappa shape index (κ1) is 16.7. The van der Waals surface area contributed by atoms with Gasteiger partial charge in [0, 0.05) is 18.7 Å². The number of nitrogens with two attached hydrogens (primary N) is 1. The molecule has 0 saturated carbocycles. The molecule has 3 aromatic rings. The van der Waals surface area contributed by atoms with Crippen LogP contribution in [-0.2, 0) is 6.54 Å². The summed E-state index contributed by atoms with van der Waals surface area (Å²) in [5.74, 6) is -0.540. The van der Waals surface area contributed by atoms with Gasteiger partial charge in [-0.1, -0.05) is 24.3 Å². The average Bonchev–Trinajstić information content (AvgIpc) is 3.11. The third-order valence-corrected chi connectivity index (χ3v) is 4.78. The average molecular weight is 350 g/mol. The minimum absolute atomic E-state index is 0.219. The van der Waals surface area contributed by atoms with Gasteiger partial charge < -0.3 is 10.8 Å². The molecule has 1 aromatic carbocycles. The Kier molecular flexibility index (Phi) is 4.40. The van der Waals surface area contributed by atoms with Crippen LogP contribution in [0.5, 0.6) is 0 Å². The molecule has 1 radical (unpaired) electrons. The molecule has 1 aliphatic heterocycles. The lowest BCUT2D eigenvalue weighted by atomic mass is 10.0. The van der Waals surface area contributed by atoms with Crippen molar-refractivity contribution in [2.24, 2.45) is 5.73 Å². The van der Waals surface area contributed by atoms with E-state index in [9.17, 15) is 9.90 Å². The first-order chi connectivity index (χ1) is 12.6. The number of carbonyl (C=O) groups excluding carboxylic acids is 1. The third-order valence-electron chi connectivity index (χ3n) is 4.78. The summed E-state index contributed by atoms with van der Waals surface area (Å²) in [4.78, 5) is 17.8. The highest BCUT2D eigenvalue weighted by Crippen LogP contribution is 2.23. The van der Waals surface area contributed by atoms with Crippen LogP contribution in [0.25, 0.3) is 16.9 Å². The maximum atomic E-state index is 11.5. The monoisotopic (exact) mass is 350 g/mol. The molecule has 1 amide bonds. The Bertz CT molecular complexity index is 935. The van der Waals surface area contributed by atoms with E-state index < -0.39 is 5.91 Å². The summed E-state index contributed by atoms with van der Waals surface area (Å²) in [5, 5.41) is 13.9. The van der Waals surface area contributed by atoms with Crippen molar-refractivity contribution < 1.29 is 9.90 Å². The van der Waals surface area contributed by atoms with E-state index in [1.165, 1.54) is 5.56 Å². The molecule has 1 saturated heterocycles. The highest BCUT2D eigenvalue weighted by molar-refractivity contribution is 5.99. The van der Waals surface area contributed by atoms with E-state index in [-0.39, 0.29) is 6.10 Å². The Balaban J connectivity index is 1.59. The summed E-state index contributed by atoms with van der Waals surface area (Å²) in [7, 11) is 0. The van der Waals surface area contributed by atoms with E-state index >= 15 is 0 Å². The van der Waals surface area contributed by atoms with Gasteiger partial charge in [-0.25, -0.2) is 9.50 Å². The molecule has 1 atom stereocenters. The minimum Gasteiger partial charge on any atom is -0.392 e. The van der Waals surface area contributed by atoms with E-state index in [1.807, 2.05) is 18.2 Å². The van der Waals surface area contributed by atoms with Crippen molar-refractivity contribution in [1.29, 1.82) is 0 Å². The van der Waals surface area contributed by atoms with Crippen molar-refractivity contribution in [1.82, 2.24) is 19.5 Å². The predicted octanol–water partition coefficient (Wildman–Crippen LogP) is 1.25. The van der Waals surface area contributed by atoms with Gasteiger partial charge in [-0.05, 0) is 37.1 Å². The fourth-order valence-electron chi connectivity index (χ4n) is 3.48. The van der Waals surface area contributed by atoms with Gasteiger partial charge in [0.1, 0.15) is 0 Å². The third kappa shape index (κ3) is 3.18. The number of aromatic nitrogens is 3. The van der Waals surface area contributed by atoms with Crippen molar-refractivity contribution in [2.45, 2.75) is 25.5 Å². The number of piperidine rings is 1. The number of β-amino-alcohol motifs (C(OH)–C–C–N with tert-alkyl or cyclic N) is 1. The number of pyridine rings is 1. The van der Waals surface area contributed by atoms with E-state index in [1.54, 1.807) is 10.6 Å². The number of primary amides is 1. The second-order valence-electron chi connectivity index (χ2n) is 6.67. The van der Waals surface area contributed by atoms with Crippen molar-refractivity contribution in [2.75, 3.05) is 13.1 Å². The number of likely N-dealkylation sites (tertiary alicyclic amines) is 1. The molecule has 7 heteroatoms. The van der Waals surface area contributed by atoms with E-state index in [0.29, 0.717) is 11.2 Å². The smallest absolute Gasteiger partial charge is 0.252 e. The Hall–Kier alpha value is -2.77. The van der Waals surface area contributed by atoms with Crippen LogP contribution in [0.2, 0.25) is 0 Å². The number of hydrogen-bond donors (Lipinski definition) is 2. The predicted molar refractivity (Wildman–Crippen MR) is 96.3 cm³/mol. The second-order valence-corrected chi connectivity index (χ2v) is 6.67. The topological polar surface area (TPSA) is 96.8 Å². The lowest BCUT2D eigenvalue weighted by Gasteiger charge is -2.29. The molecule has 0 spiro atoms. The van der Waals surface area contributed by atoms with E-state index in [4.69, 9.17) is 5.73 Å². The number of nitrogens with zero attached hydrogens (tertiary/aromatic N) is 4. The number of aliphatic hydroxyl groups is 1. The van der Waals surface area contributed by atoms with Crippen LogP contribution >= 0.6 is 0 Å². The first-order valence-electron chi connectivity index (χ1n) is 8.67. The summed E-state index contributed by atoms with van der Waals surface area (Å²) in [6.07, 6.45) is 4.24. The van der Waals surface area contributed by atoms with E-state index in [0.717, 1.165) is 43.7 Å². The first-order valence-corrected chi connectivity index (χ1v) is 8.67. The SMILES string of the molecule is NC(=O)c1ccc(-c2ccc(CN3CCCC(O)C3)cc2)n2n[c]nc12. The highest BCUT2D eigenvalue weighted by atomic mass is 16.3. The normalized spacial score (nSPS) is 18.3. The standard InChI is InChI=1S/C19H20N5O2/c20-18(26)16-7-8-17(24-19(16)21-12-22-24)14-5-3-13(4-6-14)10-23-9-1-2-15(25)11-23/h3-8,15,25H,1-2,9-11H2,(H2,20,26). The quantitative estimate of drug-likeness (QED) is 0.738. The number of aliphatic hydroxyl groups excluding tert-OH is 1. The molecule has 3 heterocycles. The summed E-state index contributed by atoms with van der Waals surface area (Å²) < 4.78 is 1.58. The highest BCUT2D eigenvalue weighted by Gasteiger charge is 2.18. The van der Waals surface area contributed by atoms with Gasteiger partial charge in [-0.2, -0.15) is 0 Å². The molecular weight excluding hydrogens is 330 g/mol. The number of fused-ring (bicyclic) bond motifs is 1. The van der Waals surface area contributed by atoms with Crippen molar-refractivity contribution in [3.05, 3.63) is 53.9 Å². The Morgan fingerprint density at radius 3 is 2.81 bits per heavy atom. The van der Waals surface area contributed by atoms with Gasteiger partial charge in [0.25, 0.3) is 5.91 Å². The molecule has 1 fully saturated rings. The van der Waals surface area contributed by atoms with Crippen LogP contribution < -0.4 is 5.73 Å². The lowest BCUT2D eigenvalue weighted by molar-refractivity contribution is 0.0668. The zero-order valence-corrected chi connectivity index (χ0v) is 14.3. The molecule has 3 N–H and O–H groups in total. The van der Waals surface area contributed by atoms with Gasteiger partial charge in [-0.15, -0.1) is 5.10 Å². The minimum atomic E-state index is -0.540. The van der Waals surface area contributed by atoms with Crippen molar-refractivity contribution >= 4 is 11.6 Å². The zero-order valence-electron chi connectivity index (χ0n) is 14.3. The Labute approximate surface area is 151 Å². The molecule has 1 unspecified atom stereocenters. The number of carbonyl (C=O) groups is 1. The molecule has 0 bridgehead atoms. The number of rotatable bonds is 4. The summed E-state index contributed by atoms with van der Waals surface area (Å²) >= 11 is 0. The van der Waals surface area contributed by atoms with Gasteiger partial charge in [-0.3, -0.25) is 9.69 Å². The number of hydrogen-bond acceptors (Lipinski definition) is 5. The van der Waals surface area contributed by atoms with Crippen LogP contribution in [0, 0.1) is 6.33 Å². The Morgan fingerprint density at radius 1 is 1.27 bits per heavy atom. The van der Waals surface area contributed by atoms with Gasteiger partial charge >= 0.3 is 0 Å². The summed E-state index contributed by atoms with van der Waals surface area (Å²) in [6.45, 7) is 2.57. The summed E-state index contributed by atoms with van der Waals surface area (Å²) in [6, 6.07) is 11.7. The van der Waals surface area contributed by atoms with Crippen LogP contribution in [0.4, 0.5) is 0 Å². The van der Waals surface area contributed by atoms with Crippen LogP contribution in [0.1, 0.15) is 28.8 Å². The Morgan fingerprint density at radius 2 is 2.08 bits per heavy atom. The van der Waals surface area contributed by atoms with Crippen molar-refractivity contribution in [3.63, 3.8) is 0 Å². The molecular formula is C19H20N5O2. The van der Waals surface area contributed by atoms with Gasteiger partial charge in [0.15, 0.2) is 5.65 Å². The van der Waals surface area contributed by atoms with Crippen molar-refractivity contribution in [3.8, 4) is 11.3 Å². The number of benzene rings is 1. The number of amides is 1. The fourth-order valence-corrected chi connectivity index (χ4v) is 3.48. The largest absolute Gasteiger partial charge is 0.392 e. The maximum Gasteiger partial charge on any atom is 0.252 e. The fraction of sp³-hybridized carbons (Fsp3) is 0.316. The molecule has 133 valence electrons. The molecule has 7 nitrogen and oxygen atoms in total. The molecule has 26 heavy (non-hydrogen) atoms. The maximum absolute atomic E-state index is 11.5. The van der Waals surface area contributed by atoms with Gasteiger partial charge in [0.05, 0.1) is 17.4 Å². The second kappa shape index (κ2) is 6.86. The molecule has 4 rings (SSSR count). The molecule has 0 aliphatic carbocycles. The summed E-state index contributed by atoms with van der Waals surface area (Å²) in [5.41, 5.74) is 9.09. The van der Waals surface area contributed by atoms with Crippen LogP contribution in [-0.4, -0.2) is 49.7 Å². The molecule has 2 aromatic heterocycles. The van der Waals surface area contributed by atoms with Crippen LogP contribution in [0.15, 0.2) is 36.4 Å². The molecule has 1 aliphatic rings. The van der Waals surface area contributed by atoms with Crippen LogP contribution in [0.3, 0.4) is 0 Å². The lowest BCUT2D eigenvalue weighted by Crippen LogP contribution is -2.37. The van der Waals surface area contributed by atoms with Gasteiger partial charge in [0.2, 0.25) is 6.33 Å². The zero-order chi connectivity index (χ0) is 18.1. The van der Waals surface area contributed by atoms with E-state index in [2.05, 4.69) is 33.4 Å².